The number of nitrogens with zero attached hydrogens (tertiary/aromatic N) is 3. The molecule has 8 heteroatoms. The van der Waals surface area contributed by atoms with Crippen molar-refractivity contribution < 1.29 is 13.2 Å². The fourth-order valence-electron chi connectivity index (χ4n) is 3.54. The van der Waals surface area contributed by atoms with E-state index in [0.717, 1.165) is 37.4 Å². The van der Waals surface area contributed by atoms with Crippen molar-refractivity contribution in [3.8, 4) is 6.07 Å². The van der Waals surface area contributed by atoms with Crippen LogP contribution < -0.4 is 9.62 Å². The van der Waals surface area contributed by atoms with Gasteiger partial charge in [0.1, 0.15) is 6.07 Å². The van der Waals surface area contributed by atoms with Crippen LogP contribution in [0.2, 0.25) is 0 Å². The Kier molecular flexibility index (Phi) is 8.51. The number of anilines is 1. The summed E-state index contributed by atoms with van der Waals surface area (Å²) in [4.78, 5) is 4.36. The third kappa shape index (κ3) is 7.59. The lowest BCUT2D eigenvalue weighted by Crippen LogP contribution is -2.45. The van der Waals surface area contributed by atoms with Gasteiger partial charge in [0.15, 0.2) is 4.91 Å². The average molecular weight is 463 g/mol. The van der Waals surface area contributed by atoms with Crippen LogP contribution in [0.5, 0.6) is 0 Å². The van der Waals surface area contributed by atoms with E-state index in [1.807, 2.05) is 51.1 Å². The summed E-state index contributed by atoms with van der Waals surface area (Å²) in [5.41, 5.74) is 1.22. The second-order valence-electron chi connectivity index (χ2n) is 10.1. The highest BCUT2D eigenvalue weighted by atomic mass is 32.2. The topological polar surface area (TPSA) is 85.7 Å². The summed E-state index contributed by atoms with van der Waals surface area (Å²) < 4.78 is 34.5. The van der Waals surface area contributed by atoms with E-state index in [9.17, 15) is 13.7 Å². The molecule has 32 heavy (non-hydrogen) atoms. The van der Waals surface area contributed by atoms with Gasteiger partial charge in [-0.25, -0.2) is 13.1 Å². The molecule has 1 aromatic carbocycles. The van der Waals surface area contributed by atoms with Crippen molar-refractivity contribution in [2.45, 2.75) is 59.1 Å². The Bertz CT molecular complexity index is 946. The number of piperazine rings is 1. The molecule has 7 nitrogen and oxygen atoms in total. The zero-order valence-electron chi connectivity index (χ0n) is 20.5. The van der Waals surface area contributed by atoms with Crippen LogP contribution in [-0.4, -0.2) is 64.3 Å². The number of nitriles is 1. The van der Waals surface area contributed by atoms with Gasteiger partial charge in [0.25, 0.3) is 10.0 Å². The van der Waals surface area contributed by atoms with Crippen molar-refractivity contribution in [1.82, 2.24) is 9.62 Å². The zero-order chi connectivity index (χ0) is 24.2. The van der Waals surface area contributed by atoms with E-state index < -0.39 is 15.6 Å². The predicted molar refractivity (Wildman–Crippen MR) is 131 cm³/mol. The van der Waals surface area contributed by atoms with Crippen LogP contribution in [0, 0.1) is 11.3 Å². The van der Waals surface area contributed by atoms with Crippen molar-refractivity contribution in [2.75, 3.05) is 44.7 Å². The van der Waals surface area contributed by atoms with Crippen LogP contribution in [0.3, 0.4) is 0 Å². The standard InChI is InChI=1S/C24H38N4O3S/c1-19(20-8-10-21(11-9-20)28-15-13-27(7)14-16-28)22(18-25)32(29,30)26-24(5,6)12-17-31-23(2,3)4/h8-11,26H,12-17H2,1-7H3/b22-19+. The maximum absolute atomic E-state index is 13.1. The molecule has 1 heterocycles. The highest BCUT2D eigenvalue weighted by molar-refractivity contribution is 7.94. The SMILES string of the molecule is C/C(=C(/C#N)S(=O)(=O)NC(C)(C)CCOC(C)(C)C)c1ccc(N2CCN(C)CC2)cc1. The highest BCUT2D eigenvalue weighted by Gasteiger charge is 2.30. The lowest BCUT2D eigenvalue weighted by Gasteiger charge is -2.34. The van der Waals surface area contributed by atoms with Gasteiger partial charge in [-0.2, -0.15) is 5.26 Å². The second-order valence-corrected chi connectivity index (χ2v) is 11.7. The smallest absolute Gasteiger partial charge is 0.251 e. The Morgan fingerprint density at radius 1 is 1.09 bits per heavy atom. The van der Waals surface area contributed by atoms with Gasteiger partial charge >= 0.3 is 0 Å². The van der Waals surface area contributed by atoms with Crippen molar-refractivity contribution in [1.29, 1.82) is 5.26 Å². The zero-order valence-corrected chi connectivity index (χ0v) is 21.3. The Morgan fingerprint density at radius 2 is 1.66 bits per heavy atom. The Morgan fingerprint density at radius 3 is 2.16 bits per heavy atom. The van der Waals surface area contributed by atoms with Crippen LogP contribution >= 0.6 is 0 Å². The first-order chi connectivity index (χ1) is 14.7. The molecular formula is C24H38N4O3S. The highest BCUT2D eigenvalue weighted by Crippen LogP contribution is 2.26. The number of ether oxygens (including phenoxy) is 1. The van der Waals surface area contributed by atoms with Crippen molar-refractivity contribution in [2.24, 2.45) is 0 Å². The Labute approximate surface area is 194 Å². The predicted octanol–water partition coefficient (Wildman–Crippen LogP) is 3.60. The Balaban J connectivity index is 2.17. The van der Waals surface area contributed by atoms with E-state index in [0.29, 0.717) is 18.6 Å². The number of benzene rings is 1. The van der Waals surface area contributed by atoms with Crippen LogP contribution in [0.4, 0.5) is 5.69 Å². The molecule has 2 rings (SSSR count). The molecule has 0 amide bonds. The molecule has 0 radical (unpaired) electrons. The molecule has 0 saturated carbocycles. The van der Waals surface area contributed by atoms with Gasteiger partial charge < -0.3 is 14.5 Å². The number of sulfonamides is 1. The summed E-state index contributed by atoms with van der Waals surface area (Å²) in [6, 6.07) is 9.67. The first kappa shape index (κ1) is 26.3. The average Bonchev–Trinajstić information content (AvgIpc) is 2.66. The number of rotatable bonds is 8. The van der Waals surface area contributed by atoms with Gasteiger partial charge in [-0.15, -0.1) is 0 Å². The molecule has 0 aromatic heterocycles. The van der Waals surface area contributed by atoms with Crippen molar-refractivity contribution in [3.63, 3.8) is 0 Å². The van der Waals surface area contributed by atoms with Crippen molar-refractivity contribution in [3.05, 3.63) is 34.7 Å². The lowest BCUT2D eigenvalue weighted by molar-refractivity contribution is -0.0102. The lowest BCUT2D eigenvalue weighted by atomic mass is 10.0. The number of nitrogens with one attached hydrogen (secondary N) is 1. The molecule has 0 unspecified atom stereocenters. The quantitative estimate of drug-likeness (QED) is 0.594. The minimum absolute atomic E-state index is 0.255. The fourth-order valence-corrected chi connectivity index (χ4v) is 5.11. The molecule has 0 atom stereocenters. The molecular weight excluding hydrogens is 424 g/mol. The maximum atomic E-state index is 13.1. The summed E-state index contributed by atoms with van der Waals surface area (Å²) in [5, 5.41) is 9.69. The fraction of sp³-hybridized carbons (Fsp3) is 0.625. The summed E-state index contributed by atoms with van der Waals surface area (Å²) in [7, 11) is -1.87. The molecule has 178 valence electrons. The third-order valence-corrected chi connectivity index (χ3v) is 7.31. The second kappa shape index (κ2) is 10.3. The maximum Gasteiger partial charge on any atom is 0.251 e. The number of likely N-dealkylation sites (N-methyl/N-ethyl adjacent to an activating group) is 1. The number of hydrogen-bond acceptors (Lipinski definition) is 6. The molecule has 1 aliphatic rings. The van der Waals surface area contributed by atoms with Crippen LogP contribution in [0.25, 0.3) is 5.57 Å². The monoisotopic (exact) mass is 462 g/mol. The minimum atomic E-state index is -3.98. The molecule has 1 N–H and O–H groups in total. The Hall–Kier alpha value is -1.92. The molecule has 0 bridgehead atoms. The normalized spacial score (nSPS) is 17.1. The van der Waals surface area contributed by atoms with Gasteiger partial charge in [-0.05, 0) is 78.3 Å². The summed E-state index contributed by atoms with van der Waals surface area (Å²) >= 11 is 0. The minimum Gasteiger partial charge on any atom is -0.376 e. The van der Waals surface area contributed by atoms with E-state index in [1.54, 1.807) is 20.8 Å². The third-order valence-electron chi connectivity index (χ3n) is 5.55. The van der Waals surface area contributed by atoms with Crippen LogP contribution in [-0.2, 0) is 14.8 Å². The first-order valence-electron chi connectivity index (χ1n) is 11.1. The molecule has 1 fully saturated rings. The molecule has 1 aromatic rings. The van der Waals surface area contributed by atoms with Gasteiger partial charge in [-0.1, -0.05) is 12.1 Å². The number of hydrogen-bond donors (Lipinski definition) is 1. The van der Waals surface area contributed by atoms with E-state index in [-0.39, 0.29) is 10.5 Å². The summed E-state index contributed by atoms with van der Waals surface area (Å²) in [5.74, 6) is 0. The summed E-state index contributed by atoms with van der Waals surface area (Å²) in [6.07, 6.45) is 0.487. The van der Waals surface area contributed by atoms with Crippen molar-refractivity contribution >= 4 is 21.3 Å². The van der Waals surface area contributed by atoms with Crippen LogP contribution in [0.15, 0.2) is 29.2 Å². The molecule has 0 aliphatic carbocycles. The van der Waals surface area contributed by atoms with Crippen LogP contribution in [0.1, 0.15) is 53.5 Å². The number of allylic oxidation sites excluding steroid dienone is 2. The van der Waals surface area contributed by atoms with Gasteiger partial charge in [-0.3, -0.25) is 0 Å². The summed E-state index contributed by atoms with van der Waals surface area (Å²) in [6.45, 7) is 15.5. The largest absolute Gasteiger partial charge is 0.376 e. The van der Waals surface area contributed by atoms with E-state index in [4.69, 9.17) is 4.74 Å². The van der Waals surface area contributed by atoms with Gasteiger partial charge in [0.05, 0.1) is 5.60 Å². The van der Waals surface area contributed by atoms with E-state index in [1.165, 1.54) is 0 Å². The van der Waals surface area contributed by atoms with E-state index >= 15 is 0 Å². The molecule has 1 saturated heterocycles. The van der Waals surface area contributed by atoms with Gasteiger partial charge in [0.2, 0.25) is 0 Å². The van der Waals surface area contributed by atoms with E-state index in [2.05, 4.69) is 21.6 Å². The first-order valence-corrected chi connectivity index (χ1v) is 12.6. The van der Waals surface area contributed by atoms with Gasteiger partial charge in [0, 0.05) is 44.0 Å². The molecule has 1 aliphatic heterocycles. The molecule has 0 spiro atoms.